The van der Waals surface area contributed by atoms with Gasteiger partial charge in [0.25, 0.3) is 5.91 Å². The SMILES string of the molecule is CCC[C@H](C(=O)C1=NC(=O)OCC1(C)C)C(=O)c1ccccc1C(=O)NN. The predicted octanol–water partition coefficient (Wildman–Crippen LogP) is 2.08. The first-order valence-electron chi connectivity index (χ1n) is 8.67. The minimum atomic E-state index is -1.05. The number of nitrogens with one attached hydrogen (secondary N) is 1. The molecule has 2 rings (SSSR count). The number of amides is 2. The van der Waals surface area contributed by atoms with Gasteiger partial charge < -0.3 is 4.74 Å². The van der Waals surface area contributed by atoms with Gasteiger partial charge in [-0.05, 0) is 12.5 Å². The molecule has 0 saturated carbocycles. The maximum absolute atomic E-state index is 13.1. The van der Waals surface area contributed by atoms with Gasteiger partial charge in [-0.3, -0.25) is 19.8 Å². The number of nitrogens with zero attached hydrogens (tertiary/aromatic N) is 1. The van der Waals surface area contributed by atoms with Gasteiger partial charge in [-0.25, -0.2) is 10.6 Å². The topological polar surface area (TPSA) is 128 Å². The molecular weight excluding hydrogens is 350 g/mol. The van der Waals surface area contributed by atoms with Crippen LogP contribution in [0.1, 0.15) is 54.3 Å². The molecule has 144 valence electrons. The number of aliphatic imine (C=N–C) groups is 1. The van der Waals surface area contributed by atoms with E-state index in [9.17, 15) is 19.2 Å². The fourth-order valence-electron chi connectivity index (χ4n) is 2.97. The largest absolute Gasteiger partial charge is 0.447 e. The van der Waals surface area contributed by atoms with E-state index in [0.717, 1.165) is 0 Å². The van der Waals surface area contributed by atoms with Gasteiger partial charge in [0.2, 0.25) is 0 Å². The molecule has 8 heteroatoms. The van der Waals surface area contributed by atoms with Gasteiger partial charge in [0, 0.05) is 11.0 Å². The Morgan fingerprint density at radius 2 is 1.85 bits per heavy atom. The van der Waals surface area contributed by atoms with Crippen molar-refractivity contribution in [2.45, 2.75) is 33.6 Å². The average Bonchev–Trinajstić information content (AvgIpc) is 2.66. The van der Waals surface area contributed by atoms with Crippen molar-refractivity contribution >= 4 is 29.3 Å². The van der Waals surface area contributed by atoms with Gasteiger partial charge in [0.05, 0.1) is 11.5 Å². The van der Waals surface area contributed by atoms with E-state index < -0.39 is 34.9 Å². The highest BCUT2D eigenvalue weighted by molar-refractivity contribution is 6.47. The molecule has 0 spiro atoms. The van der Waals surface area contributed by atoms with Crippen LogP contribution in [0.4, 0.5) is 4.79 Å². The van der Waals surface area contributed by atoms with E-state index in [2.05, 4.69) is 4.99 Å². The molecule has 1 aliphatic heterocycles. The van der Waals surface area contributed by atoms with E-state index in [1.807, 2.05) is 12.3 Å². The van der Waals surface area contributed by atoms with Crippen LogP contribution >= 0.6 is 0 Å². The smallest absolute Gasteiger partial charge is 0.433 e. The number of ketones is 2. The highest BCUT2D eigenvalue weighted by Gasteiger charge is 2.41. The average molecular weight is 373 g/mol. The second-order valence-corrected chi connectivity index (χ2v) is 6.99. The zero-order valence-electron chi connectivity index (χ0n) is 15.6. The van der Waals surface area contributed by atoms with Crippen LogP contribution in [0.3, 0.4) is 0 Å². The first kappa shape index (κ1) is 20.4. The number of hydrazine groups is 1. The highest BCUT2D eigenvalue weighted by Crippen LogP contribution is 2.28. The molecule has 8 nitrogen and oxygen atoms in total. The van der Waals surface area contributed by atoms with Crippen LogP contribution in [0.25, 0.3) is 0 Å². The molecule has 1 aromatic rings. The van der Waals surface area contributed by atoms with E-state index in [0.29, 0.717) is 6.42 Å². The zero-order valence-corrected chi connectivity index (χ0v) is 15.6. The van der Waals surface area contributed by atoms with Crippen LogP contribution in [-0.2, 0) is 9.53 Å². The first-order valence-corrected chi connectivity index (χ1v) is 8.67. The van der Waals surface area contributed by atoms with Crippen molar-refractivity contribution < 1.29 is 23.9 Å². The number of benzene rings is 1. The molecule has 1 aromatic carbocycles. The van der Waals surface area contributed by atoms with E-state index >= 15 is 0 Å². The summed E-state index contributed by atoms with van der Waals surface area (Å²) in [5.41, 5.74) is 1.40. The fraction of sp³-hybridized carbons (Fsp3) is 0.421. The maximum Gasteiger partial charge on any atom is 0.433 e. The number of carbonyl (C=O) groups is 4. The Hall–Kier alpha value is -2.87. The third-order valence-electron chi connectivity index (χ3n) is 4.41. The number of cyclic esters (lactones) is 1. The number of carbonyl (C=O) groups excluding carboxylic acids is 4. The van der Waals surface area contributed by atoms with Crippen LogP contribution in [0, 0.1) is 11.3 Å². The lowest BCUT2D eigenvalue weighted by Crippen LogP contribution is -2.44. The van der Waals surface area contributed by atoms with Crippen LogP contribution < -0.4 is 11.3 Å². The number of nitrogens with two attached hydrogens (primary N) is 1. The fourth-order valence-corrected chi connectivity index (χ4v) is 2.97. The minimum absolute atomic E-state index is 0.00953. The van der Waals surface area contributed by atoms with Crippen molar-refractivity contribution in [3.8, 4) is 0 Å². The lowest BCUT2D eigenvalue weighted by atomic mass is 9.78. The van der Waals surface area contributed by atoms with Crippen molar-refractivity contribution in [3.63, 3.8) is 0 Å². The standard InChI is InChI=1S/C19H23N3O5/c1-4-7-13(15(24)16-19(2,3)10-27-18(26)21-16)14(23)11-8-5-6-9-12(11)17(25)22-20/h5-6,8-9,13H,4,7,10,20H2,1-3H3,(H,22,25)/t13-/m0/s1. The summed E-state index contributed by atoms with van der Waals surface area (Å²) < 4.78 is 4.89. The number of nitrogen functional groups attached to an aromatic ring is 1. The number of Topliss-reactive ketones (excluding diaryl/α,β-unsaturated/α-hetero) is 2. The van der Waals surface area contributed by atoms with Crippen molar-refractivity contribution in [2.75, 3.05) is 6.61 Å². The summed E-state index contributed by atoms with van der Waals surface area (Å²) in [5, 5.41) is 0. The molecule has 27 heavy (non-hydrogen) atoms. The van der Waals surface area contributed by atoms with Crippen LogP contribution in [0.5, 0.6) is 0 Å². The summed E-state index contributed by atoms with van der Waals surface area (Å²) in [6, 6.07) is 6.14. The van der Waals surface area contributed by atoms with Gasteiger partial charge in [0.15, 0.2) is 11.6 Å². The van der Waals surface area contributed by atoms with Gasteiger partial charge in [0.1, 0.15) is 12.3 Å². The molecule has 0 radical (unpaired) electrons. The normalized spacial score (nSPS) is 16.7. The molecule has 1 aliphatic rings. The molecular formula is C19H23N3O5. The molecule has 3 N–H and O–H groups in total. The summed E-state index contributed by atoms with van der Waals surface area (Å²) in [6.45, 7) is 5.29. The van der Waals surface area contributed by atoms with Crippen molar-refractivity contribution in [1.82, 2.24) is 5.43 Å². The van der Waals surface area contributed by atoms with E-state index in [1.165, 1.54) is 12.1 Å². The number of rotatable bonds is 7. The van der Waals surface area contributed by atoms with E-state index in [-0.39, 0.29) is 29.9 Å². The van der Waals surface area contributed by atoms with Crippen molar-refractivity contribution in [3.05, 3.63) is 35.4 Å². The second-order valence-electron chi connectivity index (χ2n) is 6.99. The lowest BCUT2D eigenvalue weighted by Gasteiger charge is -2.30. The minimum Gasteiger partial charge on any atom is -0.447 e. The van der Waals surface area contributed by atoms with Crippen LogP contribution in [-0.4, -0.2) is 35.9 Å². The van der Waals surface area contributed by atoms with Crippen LogP contribution in [0.15, 0.2) is 29.3 Å². The lowest BCUT2D eigenvalue weighted by molar-refractivity contribution is -0.116. The molecule has 0 aromatic heterocycles. The van der Waals surface area contributed by atoms with E-state index in [4.69, 9.17) is 10.6 Å². The van der Waals surface area contributed by atoms with E-state index in [1.54, 1.807) is 26.0 Å². The van der Waals surface area contributed by atoms with Gasteiger partial charge in [-0.2, -0.15) is 4.99 Å². The quantitative estimate of drug-likeness (QED) is 0.248. The summed E-state index contributed by atoms with van der Waals surface area (Å²) in [5.74, 6) is 2.49. The monoisotopic (exact) mass is 373 g/mol. The number of hydrogen-bond donors (Lipinski definition) is 2. The Bertz CT molecular complexity index is 813. The van der Waals surface area contributed by atoms with Gasteiger partial charge in [-0.15, -0.1) is 0 Å². The summed E-state index contributed by atoms with van der Waals surface area (Å²) >= 11 is 0. The Kier molecular flexibility index (Phi) is 6.22. The second kappa shape index (κ2) is 8.22. The Morgan fingerprint density at radius 3 is 2.44 bits per heavy atom. The number of ether oxygens (including phenoxy) is 1. The summed E-state index contributed by atoms with van der Waals surface area (Å²) in [6.07, 6.45) is -0.0188. The molecule has 0 saturated heterocycles. The summed E-state index contributed by atoms with van der Waals surface area (Å²) in [4.78, 5) is 53.5. The molecule has 2 amide bonds. The Balaban J connectivity index is 2.46. The summed E-state index contributed by atoms with van der Waals surface area (Å²) in [7, 11) is 0. The van der Waals surface area contributed by atoms with Crippen molar-refractivity contribution in [2.24, 2.45) is 22.2 Å². The third kappa shape index (κ3) is 4.28. The van der Waals surface area contributed by atoms with Crippen molar-refractivity contribution in [1.29, 1.82) is 0 Å². The molecule has 1 atom stereocenters. The molecule has 0 aliphatic carbocycles. The van der Waals surface area contributed by atoms with Gasteiger partial charge >= 0.3 is 6.09 Å². The third-order valence-corrected chi connectivity index (χ3v) is 4.41. The first-order chi connectivity index (χ1) is 12.7. The van der Waals surface area contributed by atoms with Gasteiger partial charge in [-0.1, -0.05) is 45.4 Å². The molecule has 0 bridgehead atoms. The Labute approximate surface area is 157 Å². The molecule has 0 fully saturated rings. The maximum atomic E-state index is 13.1. The highest BCUT2D eigenvalue weighted by atomic mass is 16.5. The van der Waals surface area contributed by atoms with Crippen LogP contribution in [0.2, 0.25) is 0 Å². The molecule has 1 heterocycles. The Morgan fingerprint density at radius 1 is 1.22 bits per heavy atom. The molecule has 0 unspecified atom stereocenters. The zero-order chi connectivity index (χ0) is 20.2. The predicted molar refractivity (Wildman–Crippen MR) is 98.4 cm³/mol. The number of hydrogen-bond acceptors (Lipinski definition) is 6.